The van der Waals surface area contributed by atoms with Crippen molar-refractivity contribution in [2.75, 3.05) is 12.0 Å². The van der Waals surface area contributed by atoms with Gasteiger partial charge in [-0.3, -0.25) is 4.68 Å². The van der Waals surface area contributed by atoms with E-state index in [1.165, 1.54) is 6.26 Å². The highest BCUT2D eigenvalue weighted by Gasteiger charge is 2.21. The maximum Gasteiger partial charge on any atom is 0.149 e. The van der Waals surface area contributed by atoms with Gasteiger partial charge in [0.15, 0.2) is 0 Å². The average molecular weight is 288 g/mol. The molecule has 0 bridgehead atoms. The van der Waals surface area contributed by atoms with Gasteiger partial charge in [-0.05, 0) is 19.3 Å². The number of rotatable bonds is 7. The summed E-state index contributed by atoms with van der Waals surface area (Å²) < 4.78 is 24.3. The number of nitrogens with zero attached hydrogens (tertiary/aromatic N) is 2. The molecule has 1 atom stereocenters. The molecule has 1 rings (SSSR count). The van der Waals surface area contributed by atoms with Crippen LogP contribution in [0.5, 0.6) is 0 Å². The topological polar surface area (TPSA) is 72.2 Å². The number of sulfone groups is 1. The highest BCUT2D eigenvalue weighted by Crippen LogP contribution is 2.26. The number of hydrogen-bond donors (Lipinski definition) is 1. The molecule has 0 spiro atoms. The van der Waals surface area contributed by atoms with Gasteiger partial charge in [-0.25, -0.2) is 8.42 Å². The molecule has 6 heteroatoms. The summed E-state index contributed by atoms with van der Waals surface area (Å²) in [6.07, 6.45) is 2.83. The number of aromatic nitrogens is 2. The Morgan fingerprint density at radius 3 is 2.32 bits per heavy atom. The van der Waals surface area contributed by atoms with Crippen LogP contribution < -0.4 is 0 Å². The molecule has 19 heavy (non-hydrogen) atoms. The summed E-state index contributed by atoms with van der Waals surface area (Å²) in [6, 6.07) is 0. The summed E-state index contributed by atoms with van der Waals surface area (Å²) >= 11 is 0. The van der Waals surface area contributed by atoms with Gasteiger partial charge in [-0.2, -0.15) is 5.10 Å². The first-order valence-corrected chi connectivity index (χ1v) is 8.84. The molecule has 0 amide bonds. The molecule has 1 heterocycles. The second-order valence-corrected chi connectivity index (χ2v) is 7.05. The zero-order chi connectivity index (χ0) is 14.6. The van der Waals surface area contributed by atoms with E-state index < -0.39 is 15.9 Å². The van der Waals surface area contributed by atoms with E-state index in [-0.39, 0.29) is 5.75 Å². The summed E-state index contributed by atoms with van der Waals surface area (Å²) in [5, 5.41) is 14.6. The lowest BCUT2D eigenvalue weighted by Crippen LogP contribution is -2.14. The number of aliphatic hydroxyl groups is 1. The van der Waals surface area contributed by atoms with E-state index >= 15 is 0 Å². The van der Waals surface area contributed by atoms with E-state index in [4.69, 9.17) is 0 Å². The Morgan fingerprint density at radius 1 is 1.26 bits per heavy atom. The molecular weight excluding hydrogens is 264 g/mol. The third-order valence-electron chi connectivity index (χ3n) is 3.24. The smallest absolute Gasteiger partial charge is 0.149 e. The van der Waals surface area contributed by atoms with Crippen molar-refractivity contribution in [1.29, 1.82) is 0 Å². The zero-order valence-electron chi connectivity index (χ0n) is 12.2. The van der Waals surface area contributed by atoms with Gasteiger partial charge in [0, 0.05) is 17.5 Å². The van der Waals surface area contributed by atoms with Crippen molar-refractivity contribution in [3.63, 3.8) is 0 Å². The molecule has 0 saturated heterocycles. The van der Waals surface area contributed by atoms with Crippen LogP contribution in [-0.4, -0.2) is 35.3 Å². The molecule has 0 radical (unpaired) electrons. The SMILES string of the molecule is CCc1nn(CCS(C)(=O)=O)c(CC)c1C(O)CC. The normalized spacial score (nSPS) is 13.7. The maximum atomic E-state index is 11.3. The van der Waals surface area contributed by atoms with Gasteiger partial charge in [0.25, 0.3) is 0 Å². The van der Waals surface area contributed by atoms with Crippen molar-refractivity contribution >= 4 is 9.84 Å². The molecule has 0 aromatic carbocycles. The first kappa shape index (κ1) is 16.2. The summed E-state index contributed by atoms with van der Waals surface area (Å²) in [6.45, 7) is 6.27. The van der Waals surface area contributed by atoms with Gasteiger partial charge in [0.1, 0.15) is 9.84 Å². The van der Waals surface area contributed by atoms with Gasteiger partial charge in [0.2, 0.25) is 0 Å². The van der Waals surface area contributed by atoms with Gasteiger partial charge >= 0.3 is 0 Å². The van der Waals surface area contributed by atoms with Gasteiger partial charge in [-0.15, -0.1) is 0 Å². The summed E-state index contributed by atoms with van der Waals surface area (Å²) in [4.78, 5) is 0. The van der Waals surface area contributed by atoms with Crippen molar-refractivity contribution in [2.24, 2.45) is 0 Å². The third kappa shape index (κ3) is 4.04. The Morgan fingerprint density at radius 2 is 1.89 bits per heavy atom. The molecule has 0 fully saturated rings. The summed E-state index contributed by atoms with van der Waals surface area (Å²) in [7, 11) is -3.01. The minimum Gasteiger partial charge on any atom is -0.388 e. The maximum absolute atomic E-state index is 11.3. The first-order chi connectivity index (χ1) is 8.84. The van der Waals surface area contributed by atoms with E-state index in [9.17, 15) is 13.5 Å². The molecule has 1 aromatic rings. The largest absolute Gasteiger partial charge is 0.388 e. The Kier molecular flexibility index (Phi) is 5.55. The fourth-order valence-corrected chi connectivity index (χ4v) is 2.73. The van der Waals surface area contributed by atoms with Crippen molar-refractivity contribution < 1.29 is 13.5 Å². The number of aliphatic hydroxyl groups excluding tert-OH is 1. The van der Waals surface area contributed by atoms with Crippen molar-refractivity contribution in [3.05, 3.63) is 17.0 Å². The Labute approximate surface area is 115 Å². The lowest BCUT2D eigenvalue weighted by atomic mass is 10.0. The van der Waals surface area contributed by atoms with Crippen LogP contribution in [0.3, 0.4) is 0 Å². The van der Waals surface area contributed by atoms with Gasteiger partial charge < -0.3 is 5.11 Å². The summed E-state index contributed by atoms with van der Waals surface area (Å²) in [5.74, 6) is 0.0759. The van der Waals surface area contributed by atoms with Crippen LogP contribution in [0.25, 0.3) is 0 Å². The molecule has 0 aliphatic carbocycles. The van der Waals surface area contributed by atoms with E-state index in [1.54, 1.807) is 4.68 Å². The zero-order valence-corrected chi connectivity index (χ0v) is 13.0. The highest BCUT2D eigenvalue weighted by atomic mass is 32.2. The second kappa shape index (κ2) is 6.52. The molecular formula is C13H24N2O3S. The Balaban J connectivity index is 3.15. The lowest BCUT2D eigenvalue weighted by molar-refractivity contribution is 0.171. The second-order valence-electron chi connectivity index (χ2n) is 4.79. The average Bonchev–Trinajstić information content (AvgIpc) is 2.72. The predicted octanol–water partition coefficient (Wildman–Crippen LogP) is 1.50. The Hall–Kier alpha value is -0.880. The first-order valence-electron chi connectivity index (χ1n) is 6.78. The highest BCUT2D eigenvalue weighted by molar-refractivity contribution is 7.90. The van der Waals surface area contributed by atoms with Crippen LogP contribution in [0.1, 0.15) is 50.2 Å². The molecule has 1 N–H and O–H groups in total. The molecule has 110 valence electrons. The van der Waals surface area contributed by atoms with Crippen LogP contribution in [0.15, 0.2) is 0 Å². The van der Waals surface area contributed by atoms with Crippen LogP contribution >= 0.6 is 0 Å². The van der Waals surface area contributed by atoms with E-state index in [0.29, 0.717) is 13.0 Å². The standard InChI is InChI=1S/C13H24N2O3S/c1-5-10-13(12(16)7-3)11(6-2)15(14-10)8-9-19(4,17)18/h12,16H,5-9H2,1-4H3. The molecule has 1 unspecified atom stereocenters. The fraction of sp³-hybridized carbons (Fsp3) is 0.769. The lowest BCUT2D eigenvalue weighted by Gasteiger charge is -2.11. The molecule has 0 saturated carbocycles. The summed E-state index contributed by atoms with van der Waals surface area (Å²) in [5.41, 5.74) is 2.72. The van der Waals surface area contributed by atoms with E-state index in [2.05, 4.69) is 5.10 Å². The van der Waals surface area contributed by atoms with Crippen molar-refractivity contribution in [3.8, 4) is 0 Å². The van der Waals surface area contributed by atoms with E-state index in [0.717, 1.165) is 29.8 Å². The van der Waals surface area contributed by atoms with Crippen LogP contribution in [-0.2, 0) is 29.2 Å². The molecule has 0 aliphatic heterocycles. The predicted molar refractivity (Wildman–Crippen MR) is 75.9 cm³/mol. The van der Waals surface area contributed by atoms with Crippen LogP contribution in [0.4, 0.5) is 0 Å². The molecule has 5 nitrogen and oxygen atoms in total. The van der Waals surface area contributed by atoms with Crippen molar-refractivity contribution in [1.82, 2.24) is 9.78 Å². The molecule has 0 aliphatic rings. The van der Waals surface area contributed by atoms with Crippen LogP contribution in [0, 0.1) is 0 Å². The van der Waals surface area contributed by atoms with E-state index in [1.807, 2.05) is 20.8 Å². The third-order valence-corrected chi connectivity index (χ3v) is 4.16. The number of hydrogen-bond acceptors (Lipinski definition) is 4. The van der Waals surface area contributed by atoms with Gasteiger partial charge in [-0.1, -0.05) is 20.8 Å². The van der Waals surface area contributed by atoms with Crippen LogP contribution in [0.2, 0.25) is 0 Å². The minimum absolute atomic E-state index is 0.0759. The van der Waals surface area contributed by atoms with Gasteiger partial charge in [0.05, 0.1) is 24.1 Å². The van der Waals surface area contributed by atoms with Crippen molar-refractivity contribution in [2.45, 2.75) is 52.7 Å². The monoisotopic (exact) mass is 288 g/mol. The quantitative estimate of drug-likeness (QED) is 0.825. The molecule has 1 aromatic heterocycles. The Bertz CT molecular complexity index is 520. The minimum atomic E-state index is -3.01. The number of aryl methyl sites for hydroxylation is 2. The fourth-order valence-electron chi connectivity index (χ4n) is 2.23.